The van der Waals surface area contributed by atoms with E-state index in [2.05, 4.69) is 10.4 Å². The number of nitrogens with zero attached hydrogens (tertiary/aromatic N) is 2. The van der Waals surface area contributed by atoms with E-state index in [9.17, 15) is 22.4 Å². The van der Waals surface area contributed by atoms with Gasteiger partial charge >= 0.3 is 12.2 Å². The Bertz CT molecular complexity index is 1330. The predicted octanol–water partition coefficient (Wildman–Crippen LogP) is 6.18. The second kappa shape index (κ2) is 10.0. The van der Waals surface area contributed by atoms with Crippen molar-refractivity contribution in [2.24, 2.45) is 5.41 Å². The highest BCUT2D eigenvalue weighted by Gasteiger charge is 2.33. The number of hydrogen-bond donors (Lipinski definition) is 2. The second-order valence-corrected chi connectivity index (χ2v) is 9.33. The summed E-state index contributed by atoms with van der Waals surface area (Å²) in [5.74, 6) is -0.508. The topological polar surface area (TPSA) is 59.0 Å². The van der Waals surface area contributed by atoms with Crippen molar-refractivity contribution in [3.8, 4) is 5.69 Å². The van der Waals surface area contributed by atoms with E-state index in [1.807, 2.05) is 67.7 Å². The average Bonchev–Trinajstić information content (AvgIpc) is 3.25. The molecule has 0 spiro atoms. The third kappa shape index (κ3) is 5.84. The molecule has 0 aliphatic heterocycles. The van der Waals surface area contributed by atoms with E-state index in [4.69, 9.17) is 0 Å². The Hall–Kier alpha value is -3.88. The van der Waals surface area contributed by atoms with Gasteiger partial charge in [0.2, 0.25) is 0 Å². The van der Waals surface area contributed by atoms with Gasteiger partial charge in [-0.3, -0.25) is 0 Å². The SMILES string of the molecule is CC(C)(CNC(=O)NCC(F)(F)F)C(c1ccccc1)c1ccc2c(cnn2-c2ccc(F)cc2)c1. The number of halogens is 4. The minimum Gasteiger partial charge on any atom is -0.338 e. The average molecular weight is 499 g/mol. The summed E-state index contributed by atoms with van der Waals surface area (Å²) in [5, 5.41) is 9.78. The van der Waals surface area contributed by atoms with Crippen LogP contribution in [0.4, 0.5) is 22.4 Å². The summed E-state index contributed by atoms with van der Waals surface area (Å²) in [6.07, 6.45) is -2.74. The lowest BCUT2D eigenvalue weighted by Crippen LogP contribution is -2.45. The summed E-state index contributed by atoms with van der Waals surface area (Å²) in [7, 11) is 0. The molecular weight excluding hydrogens is 472 g/mol. The first-order valence-electron chi connectivity index (χ1n) is 11.4. The van der Waals surface area contributed by atoms with Crippen LogP contribution in [0.5, 0.6) is 0 Å². The predicted molar refractivity (Wildman–Crippen MR) is 131 cm³/mol. The van der Waals surface area contributed by atoms with E-state index in [1.54, 1.807) is 23.0 Å². The van der Waals surface area contributed by atoms with E-state index in [1.165, 1.54) is 12.1 Å². The minimum absolute atomic E-state index is 0.142. The Balaban J connectivity index is 1.64. The van der Waals surface area contributed by atoms with Gasteiger partial charge in [0.15, 0.2) is 0 Å². The molecule has 188 valence electrons. The van der Waals surface area contributed by atoms with Crippen LogP contribution in [0.25, 0.3) is 16.6 Å². The van der Waals surface area contributed by atoms with Gasteiger partial charge in [-0.1, -0.05) is 50.2 Å². The van der Waals surface area contributed by atoms with E-state index in [0.29, 0.717) is 0 Å². The molecule has 0 saturated carbocycles. The summed E-state index contributed by atoms with van der Waals surface area (Å²) in [6, 6.07) is 20.9. The van der Waals surface area contributed by atoms with Gasteiger partial charge < -0.3 is 10.6 Å². The highest BCUT2D eigenvalue weighted by Crippen LogP contribution is 2.41. The van der Waals surface area contributed by atoms with Gasteiger partial charge in [-0.15, -0.1) is 0 Å². The molecule has 2 N–H and O–H groups in total. The first-order chi connectivity index (χ1) is 17.0. The molecule has 9 heteroatoms. The number of urea groups is 1. The van der Waals surface area contributed by atoms with Gasteiger partial charge in [0.05, 0.1) is 17.4 Å². The van der Waals surface area contributed by atoms with Crippen molar-refractivity contribution in [2.75, 3.05) is 13.1 Å². The van der Waals surface area contributed by atoms with Crippen LogP contribution >= 0.6 is 0 Å². The molecule has 0 aliphatic rings. The summed E-state index contributed by atoms with van der Waals surface area (Å²) < 4.78 is 52.4. The molecule has 1 aromatic heterocycles. The molecule has 3 aromatic carbocycles. The number of carbonyl (C=O) groups is 1. The molecule has 1 heterocycles. The van der Waals surface area contributed by atoms with Crippen molar-refractivity contribution in [3.05, 3.63) is 95.9 Å². The number of amides is 2. The number of alkyl halides is 3. The van der Waals surface area contributed by atoms with Crippen molar-refractivity contribution < 1.29 is 22.4 Å². The van der Waals surface area contributed by atoms with Crippen LogP contribution in [0.15, 0.2) is 79.0 Å². The van der Waals surface area contributed by atoms with Crippen molar-refractivity contribution in [1.29, 1.82) is 0 Å². The quantitative estimate of drug-likeness (QED) is 0.299. The third-order valence-electron chi connectivity index (χ3n) is 6.06. The Labute approximate surface area is 206 Å². The number of carbonyl (C=O) groups excluding carboxylic acids is 1. The Morgan fingerprint density at radius 3 is 2.25 bits per heavy atom. The van der Waals surface area contributed by atoms with Gasteiger partial charge in [-0.25, -0.2) is 13.9 Å². The number of aromatic nitrogens is 2. The standard InChI is InChI=1S/C27H26F4N4O/c1-26(2,16-32-25(36)33-17-27(29,30)31)24(18-6-4-3-5-7-18)19-8-13-23-20(14-19)15-34-35(23)22-11-9-21(28)10-12-22/h3-15,24H,16-17H2,1-2H3,(H2,32,33,36). The summed E-state index contributed by atoms with van der Waals surface area (Å²) in [4.78, 5) is 12.0. The lowest BCUT2D eigenvalue weighted by Gasteiger charge is -2.35. The number of rotatable bonds is 7. The minimum atomic E-state index is -4.48. The number of benzene rings is 3. The molecule has 0 radical (unpaired) electrons. The van der Waals surface area contributed by atoms with Crippen LogP contribution in [0.3, 0.4) is 0 Å². The number of nitrogens with one attached hydrogen (secondary N) is 2. The molecule has 4 aromatic rings. The highest BCUT2D eigenvalue weighted by atomic mass is 19.4. The van der Waals surface area contributed by atoms with Crippen LogP contribution in [-0.4, -0.2) is 35.1 Å². The Morgan fingerprint density at radius 1 is 0.917 bits per heavy atom. The first kappa shape index (κ1) is 25.2. The summed E-state index contributed by atoms with van der Waals surface area (Å²) in [6.45, 7) is 2.67. The maximum atomic E-state index is 13.4. The molecule has 36 heavy (non-hydrogen) atoms. The number of fused-ring (bicyclic) bond motifs is 1. The van der Waals surface area contributed by atoms with Crippen LogP contribution in [-0.2, 0) is 0 Å². The molecule has 4 rings (SSSR count). The maximum absolute atomic E-state index is 13.4. The fourth-order valence-corrected chi connectivity index (χ4v) is 4.41. The smallest absolute Gasteiger partial charge is 0.338 e. The molecule has 5 nitrogen and oxygen atoms in total. The zero-order chi connectivity index (χ0) is 25.9. The van der Waals surface area contributed by atoms with E-state index in [0.717, 1.165) is 27.7 Å². The normalized spacial score (nSPS) is 12.9. The highest BCUT2D eigenvalue weighted by molar-refractivity contribution is 5.81. The lowest BCUT2D eigenvalue weighted by atomic mass is 9.71. The first-order valence-corrected chi connectivity index (χ1v) is 11.4. The third-order valence-corrected chi connectivity index (χ3v) is 6.06. The van der Waals surface area contributed by atoms with Gasteiger partial charge in [-0.2, -0.15) is 18.3 Å². The second-order valence-electron chi connectivity index (χ2n) is 9.33. The summed E-state index contributed by atoms with van der Waals surface area (Å²) in [5.41, 5.74) is 2.99. The fourth-order valence-electron chi connectivity index (χ4n) is 4.41. The molecule has 1 atom stereocenters. The molecule has 0 saturated heterocycles. The molecule has 1 unspecified atom stereocenters. The van der Waals surface area contributed by atoms with Crippen LogP contribution < -0.4 is 10.6 Å². The molecular formula is C27H26F4N4O. The Morgan fingerprint density at radius 2 is 1.58 bits per heavy atom. The molecule has 2 amide bonds. The van der Waals surface area contributed by atoms with E-state index >= 15 is 0 Å². The van der Waals surface area contributed by atoms with Crippen LogP contribution in [0.2, 0.25) is 0 Å². The van der Waals surface area contributed by atoms with Crippen molar-refractivity contribution in [2.45, 2.75) is 25.9 Å². The molecule has 0 fully saturated rings. The molecule has 0 aliphatic carbocycles. The number of hydrogen-bond acceptors (Lipinski definition) is 2. The van der Waals surface area contributed by atoms with E-state index in [-0.39, 0.29) is 18.3 Å². The molecule has 0 bridgehead atoms. The lowest BCUT2D eigenvalue weighted by molar-refractivity contribution is -0.122. The van der Waals surface area contributed by atoms with Crippen LogP contribution in [0, 0.1) is 11.2 Å². The maximum Gasteiger partial charge on any atom is 0.405 e. The van der Waals surface area contributed by atoms with Gasteiger partial charge in [-0.05, 0) is 52.9 Å². The Kier molecular flexibility index (Phi) is 7.01. The zero-order valence-corrected chi connectivity index (χ0v) is 19.8. The van der Waals surface area contributed by atoms with Gasteiger partial charge in [0.25, 0.3) is 0 Å². The van der Waals surface area contributed by atoms with Crippen LogP contribution in [0.1, 0.15) is 30.9 Å². The van der Waals surface area contributed by atoms with Crippen molar-refractivity contribution in [1.82, 2.24) is 20.4 Å². The van der Waals surface area contributed by atoms with Gasteiger partial charge in [0, 0.05) is 17.8 Å². The van der Waals surface area contributed by atoms with Gasteiger partial charge in [0.1, 0.15) is 12.4 Å². The fraction of sp³-hybridized carbons (Fsp3) is 0.259. The van der Waals surface area contributed by atoms with E-state index < -0.39 is 24.2 Å². The monoisotopic (exact) mass is 498 g/mol. The van der Waals surface area contributed by atoms with Crippen molar-refractivity contribution in [3.63, 3.8) is 0 Å². The van der Waals surface area contributed by atoms with Crippen molar-refractivity contribution >= 4 is 16.9 Å². The summed E-state index contributed by atoms with van der Waals surface area (Å²) >= 11 is 0. The largest absolute Gasteiger partial charge is 0.405 e. The zero-order valence-electron chi connectivity index (χ0n) is 19.8.